The van der Waals surface area contributed by atoms with Crippen molar-refractivity contribution in [1.82, 2.24) is 15.3 Å². The van der Waals surface area contributed by atoms with E-state index in [9.17, 15) is 5.11 Å². The molecule has 2 N–H and O–H groups in total. The van der Waals surface area contributed by atoms with Crippen molar-refractivity contribution in [2.24, 2.45) is 0 Å². The van der Waals surface area contributed by atoms with Crippen molar-refractivity contribution in [2.45, 2.75) is 51.7 Å². The summed E-state index contributed by atoms with van der Waals surface area (Å²) >= 11 is 1.59. The van der Waals surface area contributed by atoms with Crippen LogP contribution in [-0.2, 0) is 0 Å². The zero-order valence-corrected chi connectivity index (χ0v) is 13.4. The number of aliphatic hydroxyl groups excluding tert-OH is 1. The third kappa shape index (κ3) is 4.75. The Kier molecular flexibility index (Phi) is 6.23. The maximum Gasteiger partial charge on any atom is 0.188 e. The van der Waals surface area contributed by atoms with Gasteiger partial charge in [-0.25, -0.2) is 9.97 Å². The number of rotatable bonds is 7. The summed E-state index contributed by atoms with van der Waals surface area (Å²) in [5.41, 5.74) is 2.93. The van der Waals surface area contributed by atoms with Gasteiger partial charge < -0.3 is 10.4 Å². The normalized spacial score (nSPS) is 14.4. The van der Waals surface area contributed by atoms with Crippen molar-refractivity contribution in [2.75, 3.05) is 18.9 Å². The number of hydrogen-bond acceptors (Lipinski definition) is 5. The zero-order chi connectivity index (χ0) is 14.5. The molecular formula is C14H25N3OS. The Morgan fingerprint density at radius 2 is 1.79 bits per heavy atom. The van der Waals surface area contributed by atoms with Crippen LogP contribution in [0, 0.1) is 20.8 Å². The number of aryl methyl sites for hydroxylation is 2. The summed E-state index contributed by atoms with van der Waals surface area (Å²) in [6, 6.07) is 0. The second-order valence-corrected chi connectivity index (χ2v) is 6.18. The number of nitrogens with zero attached hydrogens (tertiary/aromatic N) is 2. The fourth-order valence-corrected chi connectivity index (χ4v) is 2.65. The maximum atomic E-state index is 9.53. The Morgan fingerprint density at radius 1 is 1.21 bits per heavy atom. The summed E-state index contributed by atoms with van der Waals surface area (Å²) in [7, 11) is 0. The van der Waals surface area contributed by atoms with Gasteiger partial charge in [-0.15, -0.1) is 0 Å². The number of aromatic nitrogens is 2. The Balaban J connectivity index is 2.69. The highest BCUT2D eigenvalue weighted by atomic mass is 32.2. The highest BCUT2D eigenvalue weighted by molar-refractivity contribution is 7.99. The first-order chi connectivity index (χ1) is 8.91. The van der Waals surface area contributed by atoms with Crippen LogP contribution in [0.3, 0.4) is 0 Å². The summed E-state index contributed by atoms with van der Waals surface area (Å²) in [4.78, 5) is 8.99. The molecule has 108 valence electrons. The molecule has 0 bridgehead atoms. The van der Waals surface area contributed by atoms with Gasteiger partial charge in [0, 0.05) is 22.7 Å². The van der Waals surface area contributed by atoms with Gasteiger partial charge in [0.25, 0.3) is 0 Å². The van der Waals surface area contributed by atoms with Crippen molar-refractivity contribution in [1.29, 1.82) is 0 Å². The molecule has 0 saturated heterocycles. The fourth-order valence-electron chi connectivity index (χ4n) is 1.61. The highest BCUT2D eigenvalue weighted by Gasteiger charge is 2.23. The molecule has 1 atom stereocenters. The molecule has 4 nitrogen and oxygen atoms in total. The topological polar surface area (TPSA) is 58.0 Å². The van der Waals surface area contributed by atoms with E-state index >= 15 is 0 Å². The summed E-state index contributed by atoms with van der Waals surface area (Å²) in [6.07, 6.45) is 1.06. The van der Waals surface area contributed by atoms with E-state index in [-0.39, 0.29) is 12.1 Å². The molecule has 1 aromatic rings. The lowest BCUT2D eigenvalue weighted by atomic mass is 10.1. The van der Waals surface area contributed by atoms with Crippen molar-refractivity contribution >= 4 is 11.8 Å². The van der Waals surface area contributed by atoms with E-state index in [4.69, 9.17) is 0 Å². The lowest BCUT2D eigenvalue weighted by Gasteiger charge is -2.28. The van der Waals surface area contributed by atoms with E-state index in [0.29, 0.717) is 0 Å². The number of hydrogen-bond donors (Lipinski definition) is 2. The van der Waals surface area contributed by atoms with Gasteiger partial charge in [0.15, 0.2) is 5.16 Å². The van der Waals surface area contributed by atoms with E-state index in [0.717, 1.165) is 40.8 Å². The third-order valence-electron chi connectivity index (χ3n) is 3.28. The lowest BCUT2D eigenvalue weighted by Crippen LogP contribution is -2.48. The second-order valence-electron chi connectivity index (χ2n) is 5.24. The van der Waals surface area contributed by atoms with Gasteiger partial charge >= 0.3 is 0 Å². The molecule has 1 rings (SSSR count). The molecule has 0 spiro atoms. The van der Waals surface area contributed by atoms with Gasteiger partial charge in [0.2, 0.25) is 0 Å². The monoisotopic (exact) mass is 283 g/mol. The van der Waals surface area contributed by atoms with Gasteiger partial charge in [0.1, 0.15) is 0 Å². The van der Waals surface area contributed by atoms with Gasteiger partial charge in [-0.05, 0) is 46.2 Å². The van der Waals surface area contributed by atoms with Crippen LogP contribution in [0.15, 0.2) is 5.16 Å². The number of nitrogens with one attached hydrogen (secondary N) is 1. The quantitative estimate of drug-likeness (QED) is 0.594. The largest absolute Gasteiger partial charge is 0.394 e. The molecule has 1 heterocycles. The highest BCUT2D eigenvalue weighted by Crippen LogP contribution is 2.21. The molecule has 0 saturated carbocycles. The predicted octanol–water partition coefficient (Wildman–Crippen LogP) is 2.24. The van der Waals surface area contributed by atoms with Crippen molar-refractivity contribution in [3.63, 3.8) is 0 Å². The average Bonchev–Trinajstić information content (AvgIpc) is 2.40. The van der Waals surface area contributed by atoms with Crippen LogP contribution in [0.2, 0.25) is 0 Å². The van der Waals surface area contributed by atoms with Crippen LogP contribution in [0.1, 0.15) is 37.2 Å². The predicted molar refractivity (Wildman–Crippen MR) is 80.8 cm³/mol. The molecule has 0 radical (unpaired) electrons. The molecule has 0 aliphatic carbocycles. The van der Waals surface area contributed by atoms with Gasteiger partial charge in [-0.1, -0.05) is 18.7 Å². The number of aliphatic hydroxyl groups is 1. The number of thioether (sulfide) groups is 1. The Bertz CT molecular complexity index is 402. The van der Waals surface area contributed by atoms with Crippen LogP contribution in [0.25, 0.3) is 0 Å². The van der Waals surface area contributed by atoms with Crippen molar-refractivity contribution in [3.8, 4) is 0 Å². The first-order valence-electron chi connectivity index (χ1n) is 6.72. The molecule has 0 fully saturated rings. The van der Waals surface area contributed by atoms with Gasteiger partial charge in [-0.3, -0.25) is 0 Å². The molecule has 19 heavy (non-hydrogen) atoms. The molecule has 0 aromatic carbocycles. The third-order valence-corrected chi connectivity index (χ3v) is 4.50. The van der Waals surface area contributed by atoms with E-state index < -0.39 is 0 Å². The molecule has 1 unspecified atom stereocenters. The molecule has 0 aliphatic heterocycles. The molecular weight excluding hydrogens is 258 g/mol. The van der Waals surface area contributed by atoms with Crippen molar-refractivity contribution in [3.05, 3.63) is 17.0 Å². The molecule has 0 amide bonds. The maximum absolute atomic E-state index is 9.53. The Hall–Kier alpha value is -0.650. The Morgan fingerprint density at radius 3 is 2.26 bits per heavy atom. The minimum atomic E-state index is -0.281. The van der Waals surface area contributed by atoms with Crippen molar-refractivity contribution < 1.29 is 5.11 Å². The smallest absolute Gasteiger partial charge is 0.188 e. The van der Waals surface area contributed by atoms with E-state index in [2.05, 4.69) is 22.2 Å². The van der Waals surface area contributed by atoms with Crippen LogP contribution in [-0.4, -0.2) is 39.5 Å². The molecule has 1 aromatic heterocycles. The minimum absolute atomic E-state index is 0.115. The van der Waals surface area contributed by atoms with Crippen LogP contribution >= 0.6 is 11.8 Å². The SMILES string of the molecule is CCCNC(C)(CO)CSc1nc(C)c(C)c(C)n1. The molecule has 0 aliphatic rings. The van der Waals surface area contributed by atoms with E-state index in [1.54, 1.807) is 11.8 Å². The van der Waals surface area contributed by atoms with Crippen LogP contribution in [0.4, 0.5) is 0 Å². The van der Waals surface area contributed by atoms with E-state index in [1.165, 1.54) is 0 Å². The van der Waals surface area contributed by atoms with Gasteiger partial charge in [-0.2, -0.15) is 0 Å². The van der Waals surface area contributed by atoms with Gasteiger partial charge in [0.05, 0.1) is 6.61 Å². The average molecular weight is 283 g/mol. The Labute approximate surface area is 120 Å². The summed E-state index contributed by atoms with van der Waals surface area (Å²) in [5.74, 6) is 0.755. The summed E-state index contributed by atoms with van der Waals surface area (Å²) in [5, 5.41) is 13.7. The summed E-state index contributed by atoms with van der Waals surface area (Å²) in [6.45, 7) is 11.2. The fraction of sp³-hybridized carbons (Fsp3) is 0.714. The van der Waals surface area contributed by atoms with Crippen LogP contribution in [0.5, 0.6) is 0 Å². The first kappa shape index (κ1) is 16.4. The first-order valence-corrected chi connectivity index (χ1v) is 7.71. The van der Waals surface area contributed by atoms with E-state index in [1.807, 2.05) is 27.7 Å². The molecule has 5 heteroatoms. The lowest BCUT2D eigenvalue weighted by molar-refractivity contribution is 0.192. The minimum Gasteiger partial charge on any atom is -0.394 e. The second kappa shape index (κ2) is 7.22. The van der Waals surface area contributed by atoms with Crippen LogP contribution < -0.4 is 5.32 Å². The standard InChI is InChI=1S/C14H25N3OS/c1-6-7-15-14(5,8-18)9-19-13-16-11(3)10(2)12(4)17-13/h15,18H,6-9H2,1-5H3. The zero-order valence-electron chi connectivity index (χ0n) is 12.6. The summed E-state index contributed by atoms with van der Waals surface area (Å²) < 4.78 is 0.